The average molecular weight is 364 g/mol. The quantitative estimate of drug-likeness (QED) is 0.884. The van der Waals surface area contributed by atoms with E-state index >= 15 is 0 Å². The molecule has 1 amide bonds. The molecule has 0 radical (unpaired) electrons. The summed E-state index contributed by atoms with van der Waals surface area (Å²) >= 11 is 0. The summed E-state index contributed by atoms with van der Waals surface area (Å²) < 4.78 is 54.7. The van der Waals surface area contributed by atoms with Crippen molar-refractivity contribution in [3.05, 3.63) is 42.0 Å². The zero-order valence-corrected chi connectivity index (χ0v) is 13.1. The van der Waals surface area contributed by atoms with E-state index in [2.05, 4.69) is 5.32 Å². The molecule has 26 heavy (non-hydrogen) atoms. The van der Waals surface area contributed by atoms with Gasteiger partial charge >= 0.3 is 6.18 Å². The highest BCUT2D eigenvalue weighted by Crippen LogP contribution is 2.40. The Hall–Kier alpha value is -3.41. The second kappa shape index (κ2) is 6.84. The van der Waals surface area contributed by atoms with Gasteiger partial charge in [0.2, 0.25) is 12.7 Å². The molecule has 0 aliphatic carbocycles. The first-order valence-corrected chi connectivity index (χ1v) is 7.32. The fraction of sp³-hybridized carbons (Fsp3) is 0.176. The van der Waals surface area contributed by atoms with Crippen LogP contribution in [0.2, 0.25) is 0 Å². The largest absolute Gasteiger partial charge is 0.455 e. The summed E-state index contributed by atoms with van der Waals surface area (Å²) in [7, 11) is 0. The third kappa shape index (κ3) is 3.80. The summed E-state index contributed by atoms with van der Waals surface area (Å²) in [6.45, 7) is 0.0640. The Balaban J connectivity index is 1.92. The van der Waals surface area contributed by atoms with Crippen molar-refractivity contribution >= 4 is 11.6 Å². The number of fused-ring (bicyclic) bond motifs is 1. The Morgan fingerprint density at radius 2 is 1.96 bits per heavy atom. The first kappa shape index (κ1) is 17.4. The topological polar surface area (TPSA) is 80.6 Å². The molecule has 134 valence electrons. The number of anilines is 1. The highest BCUT2D eigenvalue weighted by molar-refractivity contribution is 5.93. The van der Waals surface area contributed by atoms with Crippen LogP contribution >= 0.6 is 0 Å². The Bertz CT molecular complexity index is 891. The lowest BCUT2D eigenvalue weighted by Crippen LogP contribution is -2.13. The SMILES string of the molecule is N#CCC(=O)Nc1cc(C(F)(F)F)ccc1Oc1ccc2c(c1)OCO2. The van der Waals surface area contributed by atoms with Gasteiger partial charge < -0.3 is 19.5 Å². The van der Waals surface area contributed by atoms with E-state index in [1.807, 2.05) is 0 Å². The number of ether oxygens (including phenoxy) is 3. The first-order chi connectivity index (χ1) is 12.4. The Morgan fingerprint density at radius 1 is 1.19 bits per heavy atom. The number of nitrogens with zero attached hydrogens (tertiary/aromatic N) is 1. The van der Waals surface area contributed by atoms with Crippen LogP contribution in [0, 0.1) is 11.3 Å². The van der Waals surface area contributed by atoms with Crippen molar-refractivity contribution in [2.75, 3.05) is 12.1 Å². The fourth-order valence-corrected chi connectivity index (χ4v) is 2.23. The summed E-state index contributed by atoms with van der Waals surface area (Å²) in [5, 5.41) is 10.8. The summed E-state index contributed by atoms with van der Waals surface area (Å²) in [6.07, 6.45) is -5.09. The highest BCUT2D eigenvalue weighted by Gasteiger charge is 2.31. The lowest BCUT2D eigenvalue weighted by atomic mass is 10.1. The number of halogens is 3. The molecule has 9 heteroatoms. The van der Waals surface area contributed by atoms with E-state index in [0.717, 1.165) is 18.2 Å². The molecular formula is C17H11F3N2O4. The first-order valence-electron chi connectivity index (χ1n) is 7.32. The Morgan fingerprint density at radius 3 is 2.69 bits per heavy atom. The molecule has 0 unspecified atom stereocenters. The number of alkyl halides is 3. The summed E-state index contributed by atoms with van der Waals surface area (Å²) in [6, 6.07) is 8.96. The van der Waals surface area contributed by atoms with Crippen molar-refractivity contribution in [2.24, 2.45) is 0 Å². The number of benzene rings is 2. The van der Waals surface area contributed by atoms with Gasteiger partial charge in [0.1, 0.15) is 12.2 Å². The van der Waals surface area contributed by atoms with Crippen LogP contribution in [0.4, 0.5) is 18.9 Å². The Kier molecular flexibility index (Phi) is 4.58. The second-order valence-corrected chi connectivity index (χ2v) is 5.21. The van der Waals surface area contributed by atoms with Gasteiger partial charge in [-0.1, -0.05) is 0 Å². The molecule has 0 atom stereocenters. The highest BCUT2D eigenvalue weighted by atomic mass is 19.4. The van der Waals surface area contributed by atoms with Gasteiger partial charge in [-0.3, -0.25) is 4.79 Å². The normalized spacial score (nSPS) is 12.4. The molecule has 1 N–H and O–H groups in total. The van der Waals surface area contributed by atoms with Gasteiger partial charge in [-0.2, -0.15) is 18.4 Å². The lowest BCUT2D eigenvalue weighted by molar-refractivity contribution is -0.137. The second-order valence-electron chi connectivity index (χ2n) is 5.21. The summed E-state index contributed by atoms with van der Waals surface area (Å²) in [5.74, 6) is 0.479. The van der Waals surface area contributed by atoms with Gasteiger partial charge in [-0.25, -0.2) is 0 Å². The minimum Gasteiger partial charge on any atom is -0.455 e. The van der Waals surface area contributed by atoms with Crippen LogP contribution < -0.4 is 19.5 Å². The van der Waals surface area contributed by atoms with E-state index in [4.69, 9.17) is 19.5 Å². The molecule has 2 aromatic carbocycles. The van der Waals surface area contributed by atoms with Gasteiger partial charge in [0.25, 0.3) is 0 Å². The number of carbonyl (C=O) groups is 1. The number of hydrogen-bond donors (Lipinski definition) is 1. The van der Waals surface area contributed by atoms with Crippen LogP contribution in [-0.2, 0) is 11.0 Å². The van der Waals surface area contributed by atoms with Crippen molar-refractivity contribution in [2.45, 2.75) is 12.6 Å². The molecule has 2 aromatic rings. The smallest absolute Gasteiger partial charge is 0.416 e. The van der Waals surface area contributed by atoms with Gasteiger partial charge in [0.15, 0.2) is 17.2 Å². The third-order valence-corrected chi connectivity index (χ3v) is 3.39. The minimum atomic E-state index is -4.59. The molecule has 0 bridgehead atoms. The molecule has 1 aliphatic heterocycles. The maximum absolute atomic E-state index is 12.9. The molecule has 0 aromatic heterocycles. The van der Waals surface area contributed by atoms with E-state index in [1.54, 1.807) is 18.2 Å². The van der Waals surface area contributed by atoms with Crippen molar-refractivity contribution in [3.8, 4) is 29.1 Å². The number of nitrogens with one attached hydrogen (secondary N) is 1. The van der Waals surface area contributed by atoms with Crippen LogP contribution in [0.25, 0.3) is 0 Å². The van der Waals surface area contributed by atoms with Gasteiger partial charge in [0, 0.05) is 6.07 Å². The lowest BCUT2D eigenvalue weighted by Gasteiger charge is -2.15. The number of nitriles is 1. The molecule has 0 saturated carbocycles. The van der Waals surface area contributed by atoms with Gasteiger partial charge in [-0.05, 0) is 30.3 Å². The zero-order valence-electron chi connectivity index (χ0n) is 13.1. The number of amides is 1. The van der Waals surface area contributed by atoms with Crippen molar-refractivity contribution in [3.63, 3.8) is 0 Å². The molecule has 6 nitrogen and oxygen atoms in total. The predicted molar refractivity (Wildman–Crippen MR) is 82.9 cm³/mol. The van der Waals surface area contributed by atoms with E-state index in [9.17, 15) is 18.0 Å². The third-order valence-electron chi connectivity index (χ3n) is 3.39. The maximum atomic E-state index is 12.9. The molecule has 0 fully saturated rings. The number of carbonyl (C=O) groups excluding carboxylic acids is 1. The van der Waals surface area contributed by atoms with E-state index in [0.29, 0.717) is 11.5 Å². The van der Waals surface area contributed by atoms with Crippen LogP contribution in [0.1, 0.15) is 12.0 Å². The van der Waals surface area contributed by atoms with E-state index < -0.39 is 24.1 Å². The maximum Gasteiger partial charge on any atom is 0.416 e. The van der Waals surface area contributed by atoms with Crippen molar-refractivity contribution < 1.29 is 32.2 Å². The summed E-state index contributed by atoms with van der Waals surface area (Å²) in [4.78, 5) is 11.6. The molecule has 1 heterocycles. The molecule has 0 saturated heterocycles. The van der Waals surface area contributed by atoms with Crippen LogP contribution in [0.3, 0.4) is 0 Å². The van der Waals surface area contributed by atoms with E-state index in [-0.39, 0.29) is 24.0 Å². The van der Waals surface area contributed by atoms with Crippen molar-refractivity contribution in [1.29, 1.82) is 5.26 Å². The van der Waals surface area contributed by atoms with Gasteiger partial charge in [-0.15, -0.1) is 0 Å². The Labute approximate surface area is 145 Å². The number of hydrogen-bond acceptors (Lipinski definition) is 5. The number of rotatable bonds is 4. The van der Waals surface area contributed by atoms with Gasteiger partial charge in [0.05, 0.1) is 17.3 Å². The van der Waals surface area contributed by atoms with E-state index in [1.165, 1.54) is 6.07 Å². The van der Waals surface area contributed by atoms with Crippen LogP contribution in [0.5, 0.6) is 23.0 Å². The minimum absolute atomic E-state index is 0.0110. The zero-order chi connectivity index (χ0) is 18.7. The average Bonchev–Trinajstić information content (AvgIpc) is 3.03. The molecule has 1 aliphatic rings. The monoisotopic (exact) mass is 364 g/mol. The predicted octanol–water partition coefficient (Wildman–Crippen LogP) is 4.08. The van der Waals surface area contributed by atoms with Crippen LogP contribution in [0.15, 0.2) is 36.4 Å². The van der Waals surface area contributed by atoms with Crippen LogP contribution in [-0.4, -0.2) is 12.7 Å². The molecule has 3 rings (SSSR count). The molecule has 0 spiro atoms. The molecular weight excluding hydrogens is 353 g/mol. The van der Waals surface area contributed by atoms with Crippen molar-refractivity contribution in [1.82, 2.24) is 0 Å². The fourth-order valence-electron chi connectivity index (χ4n) is 2.23. The standard InChI is InChI=1S/C17H11F3N2O4/c18-17(19,20)10-1-3-13(12(7-10)22-16(23)5-6-21)26-11-2-4-14-15(8-11)25-9-24-14/h1-4,7-8H,5,9H2,(H,22,23). The summed E-state index contributed by atoms with van der Waals surface area (Å²) in [5.41, 5.74) is -1.15.